The molecule has 0 aromatic carbocycles. The minimum absolute atomic E-state index is 0.170. The number of carbonyl (C=O) groups excluding carboxylic acids is 1. The van der Waals surface area contributed by atoms with E-state index in [9.17, 15) is 4.79 Å². The van der Waals surface area contributed by atoms with Gasteiger partial charge in [0.1, 0.15) is 0 Å². The highest BCUT2D eigenvalue weighted by atomic mass is 32.1. The van der Waals surface area contributed by atoms with Gasteiger partial charge in [0.15, 0.2) is 5.96 Å². The lowest BCUT2D eigenvalue weighted by atomic mass is 10.1. The predicted octanol–water partition coefficient (Wildman–Crippen LogP) is 1.73. The molecular formula is C15H24N4OS. The largest absolute Gasteiger partial charge is 0.354 e. The number of aliphatic imine (C=N–C) groups is 1. The molecule has 21 heavy (non-hydrogen) atoms. The SMILES string of the molecule is CN=C(NCc1ccc(C)s1)NC1CCN(C(C)=O)CC1. The van der Waals surface area contributed by atoms with Crippen molar-refractivity contribution >= 4 is 23.2 Å². The molecule has 116 valence electrons. The summed E-state index contributed by atoms with van der Waals surface area (Å²) in [5, 5.41) is 6.80. The van der Waals surface area contributed by atoms with Crippen molar-refractivity contribution in [2.75, 3.05) is 20.1 Å². The van der Waals surface area contributed by atoms with Gasteiger partial charge in [-0.15, -0.1) is 11.3 Å². The molecule has 0 atom stereocenters. The third-order valence-corrected chi connectivity index (χ3v) is 4.73. The summed E-state index contributed by atoms with van der Waals surface area (Å²) >= 11 is 1.80. The van der Waals surface area contributed by atoms with Crippen LogP contribution < -0.4 is 10.6 Å². The highest BCUT2D eigenvalue weighted by molar-refractivity contribution is 7.11. The third kappa shape index (κ3) is 4.74. The molecule has 0 radical (unpaired) electrons. The first-order valence-electron chi connectivity index (χ1n) is 7.36. The molecule has 0 spiro atoms. The van der Waals surface area contributed by atoms with Gasteiger partial charge >= 0.3 is 0 Å². The maximum Gasteiger partial charge on any atom is 0.219 e. The van der Waals surface area contributed by atoms with Gasteiger partial charge in [-0.2, -0.15) is 0 Å². The van der Waals surface area contributed by atoms with E-state index in [1.54, 1.807) is 25.3 Å². The van der Waals surface area contributed by atoms with Gasteiger partial charge in [0.05, 0.1) is 6.54 Å². The summed E-state index contributed by atoms with van der Waals surface area (Å²) in [6.07, 6.45) is 1.94. The first-order valence-corrected chi connectivity index (χ1v) is 8.18. The Hall–Kier alpha value is -1.56. The van der Waals surface area contributed by atoms with Crippen LogP contribution in [0.3, 0.4) is 0 Å². The van der Waals surface area contributed by atoms with Crippen molar-refractivity contribution < 1.29 is 4.79 Å². The lowest BCUT2D eigenvalue weighted by molar-refractivity contribution is -0.129. The molecule has 1 amide bonds. The van der Waals surface area contributed by atoms with Crippen LogP contribution in [-0.2, 0) is 11.3 Å². The zero-order valence-corrected chi connectivity index (χ0v) is 13.8. The normalized spacial score (nSPS) is 16.9. The monoisotopic (exact) mass is 308 g/mol. The number of aryl methyl sites for hydroxylation is 1. The Kier molecular flexibility index (Phi) is 5.61. The fraction of sp³-hybridized carbons (Fsp3) is 0.600. The minimum atomic E-state index is 0.170. The Bertz CT molecular complexity index is 504. The number of likely N-dealkylation sites (tertiary alicyclic amines) is 1. The first-order chi connectivity index (χ1) is 10.1. The van der Waals surface area contributed by atoms with Gasteiger partial charge in [0.2, 0.25) is 5.91 Å². The molecule has 0 unspecified atom stereocenters. The van der Waals surface area contributed by atoms with E-state index in [0.29, 0.717) is 6.04 Å². The molecule has 0 saturated carbocycles. The molecule has 1 saturated heterocycles. The van der Waals surface area contributed by atoms with Crippen molar-refractivity contribution in [3.63, 3.8) is 0 Å². The average molecular weight is 308 g/mol. The molecule has 2 rings (SSSR count). The number of nitrogens with zero attached hydrogens (tertiary/aromatic N) is 2. The zero-order valence-electron chi connectivity index (χ0n) is 13.0. The molecule has 2 N–H and O–H groups in total. The van der Waals surface area contributed by atoms with Crippen LogP contribution in [0, 0.1) is 6.92 Å². The molecule has 0 bridgehead atoms. The van der Waals surface area contributed by atoms with Crippen molar-refractivity contribution in [3.8, 4) is 0 Å². The van der Waals surface area contributed by atoms with Crippen molar-refractivity contribution in [1.82, 2.24) is 15.5 Å². The van der Waals surface area contributed by atoms with Crippen molar-refractivity contribution in [3.05, 3.63) is 21.9 Å². The summed E-state index contributed by atoms with van der Waals surface area (Å²) in [5.74, 6) is 1.01. The number of hydrogen-bond acceptors (Lipinski definition) is 3. The zero-order chi connectivity index (χ0) is 15.2. The van der Waals surface area contributed by atoms with Gasteiger partial charge in [-0.3, -0.25) is 9.79 Å². The second kappa shape index (κ2) is 7.45. The molecule has 2 heterocycles. The summed E-state index contributed by atoms with van der Waals surface area (Å²) in [6.45, 7) is 6.20. The van der Waals surface area contributed by atoms with Crippen LogP contribution in [0.2, 0.25) is 0 Å². The van der Waals surface area contributed by atoms with E-state index in [-0.39, 0.29) is 5.91 Å². The number of rotatable bonds is 3. The van der Waals surface area contributed by atoms with Crippen LogP contribution in [-0.4, -0.2) is 42.9 Å². The van der Waals surface area contributed by atoms with Gasteiger partial charge < -0.3 is 15.5 Å². The van der Waals surface area contributed by atoms with Crippen LogP contribution in [0.4, 0.5) is 0 Å². The molecule has 1 aromatic rings. The number of amides is 1. The lowest BCUT2D eigenvalue weighted by Crippen LogP contribution is -2.49. The third-order valence-electron chi connectivity index (χ3n) is 3.73. The number of hydrogen-bond donors (Lipinski definition) is 2. The van der Waals surface area contributed by atoms with Crippen LogP contribution >= 0.6 is 11.3 Å². The smallest absolute Gasteiger partial charge is 0.219 e. The Labute approximate surface area is 130 Å². The van der Waals surface area contributed by atoms with E-state index in [1.165, 1.54) is 9.75 Å². The van der Waals surface area contributed by atoms with E-state index < -0.39 is 0 Å². The van der Waals surface area contributed by atoms with Crippen molar-refractivity contribution in [2.24, 2.45) is 4.99 Å². The van der Waals surface area contributed by atoms with E-state index in [0.717, 1.165) is 38.4 Å². The number of nitrogens with one attached hydrogen (secondary N) is 2. The Balaban J connectivity index is 1.77. The fourth-order valence-corrected chi connectivity index (χ4v) is 3.31. The van der Waals surface area contributed by atoms with Crippen molar-refractivity contribution in [1.29, 1.82) is 0 Å². The first kappa shape index (κ1) is 15.8. The molecule has 6 heteroatoms. The van der Waals surface area contributed by atoms with Gasteiger partial charge in [-0.25, -0.2) is 0 Å². The number of carbonyl (C=O) groups is 1. The maximum atomic E-state index is 11.3. The second-order valence-corrected chi connectivity index (χ2v) is 6.74. The highest BCUT2D eigenvalue weighted by Gasteiger charge is 2.21. The van der Waals surface area contributed by atoms with Gasteiger partial charge in [0, 0.05) is 42.9 Å². The maximum absolute atomic E-state index is 11.3. The van der Waals surface area contributed by atoms with Gasteiger partial charge in [-0.1, -0.05) is 0 Å². The molecule has 1 aromatic heterocycles. The molecule has 0 aliphatic carbocycles. The van der Waals surface area contributed by atoms with Gasteiger partial charge in [0.25, 0.3) is 0 Å². The summed E-state index contributed by atoms with van der Waals surface area (Å²) in [5.41, 5.74) is 0. The summed E-state index contributed by atoms with van der Waals surface area (Å²) in [4.78, 5) is 20.1. The Morgan fingerprint density at radius 3 is 2.67 bits per heavy atom. The Morgan fingerprint density at radius 1 is 1.43 bits per heavy atom. The van der Waals surface area contributed by atoms with Crippen molar-refractivity contribution in [2.45, 2.75) is 39.3 Å². The van der Waals surface area contributed by atoms with Crippen LogP contribution in [0.5, 0.6) is 0 Å². The second-order valence-electron chi connectivity index (χ2n) is 5.36. The quantitative estimate of drug-likeness (QED) is 0.660. The van der Waals surface area contributed by atoms with Gasteiger partial charge in [-0.05, 0) is 31.9 Å². The fourth-order valence-electron chi connectivity index (χ4n) is 2.48. The molecule has 5 nitrogen and oxygen atoms in total. The number of thiophene rings is 1. The standard InChI is InChI=1S/C15H24N4OS/c1-11-4-5-14(21-11)10-17-15(16-3)18-13-6-8-19(9-7-13)12(2)20/h4-5,13H,6-10H2,1-3H3,(H2,16,17,18). The minimum Gasteiger partial charge on any atom is -0.354 e. The molecular weight excluding hydrogens is 284 g/mol. The predicted molar refractivity (Wildman–Crippen MR) is 87.7 cm³/mol. The number of guanidine groups is 1. The molecule has 1 aliphatic rings. The van der Waals surface area contributed by atoms with Crippen LogP contribution in [0.15, 0.2) is 17.1 Å². The Morgan fingerprint density at radius 2 is 2.14 bits per heavy atom. The molecule has 1 aliphatic heterocycles. The number of piperidine rings is 1. The van der Waals surface area contributed by atoms with Crippen LogP contribution in [0.1, 0.15) is 29.5 Å². The lowest BCUT2D eigenvalue weighted by Gasteiger charge is -2.32. The van der Waals surface area contributed by atoms with E-state index in [1.807, 2.05) is 4.90 Å². The topological polar surface area (TPSA) is 56.7 Å². The van der Waals surface area contributed by atoms with E-state index in [2.05, 4.69) is 34.7 Å². The molecule has 1 fully saturated rings. The highest BCUT2D eigenvalue weighted by Crippen LogP contribution is 2.14. The summed E-state index contributed by atoms with van der Waals surface area (Å²) in [7, 11) is 1.79. The summed E-state index contributed by atoms with van der Waals surface area (Å²) in [6, 6.07) is 4.66. The van der Waals surface area contributed by atoms with E-state index >= 15 is 0 Å². The average Bonchev–Trinajstić information content (AvgIpc) is 2.89. The van der Waals surface area contributed by atoms with E-state index in [4.69, 9.17) is 0 Å². The van der Waals surface area contributed by atoms with Crippen LogP contribution in [0.25, 0.3) is 0 Å². The summed E-state index contributed by atoms with van der Waals surface area (Å²) < 4.78 is 0.